The fourth-order valence-corrected chi connectivity index (χ4v) is 8.40. The van der Waals surface area contributed by atoms with Crippen molar-refractivity contribution in [3.63, 3.8) is 0 Å². The summed E-state index contributed by atoms with van der Waals surface area (Å²) in [4.78, 5) is 7.18. The Morgan fingerprint density at radius 1 is 0.404 bits per heavy atom. The van der Waals surface area contributed by atoms with E-state index in [0.717, 1.165) is 88.9 Å². The molecule has 0 fully saturated rings. The molecular weight excluding hydrogens is 695 g/mol. The number of fused-ring (bicyclic) bond motifs is 6. The zero-order chi connectivity index (χ0) is 37.7. The molecule has 8 aromatic carbocycles. The summed E-state index contributed by atoms with van der Waals surface area (Å²) < 4.78 is 8.79. The van der Waals surface area contributed by atoms with E-state index in [2.05, 4.69) is 198 Å². The Bertz CT molecular complexity index is 3160. The van der Waals surface area contributed by atoms with Gasteiger partial charge in [-0.3, -0.25) is 4.98 Å². The van der Waals surface area contributed by atoms with Crippen LogP contribution < -0.4 is 4.90 Å². The number of benzene rings is 8. The van der Waals surface area contributed by atoms with Crippen LogP contribution in [0.2, 0.25) is 0 Å². The number of aromatic nitrogens is 2. The molecule has 0 aliphatic heterocycles. The van der Waals surface area contributed by atoms with Gasteiger partial charge in [0.05, 0.1) is 22.2 Å². The fourth-order valence-electron chi connectivity index (χ4n) is 8.40. The zero-order valence-electron chi connectivity index (χ0n) is 31.0. The average molecular weight is 730 g/mol. The monoisotopic (exact) mass is 729 g/mol. The normalized spacial score (nSPS) is 11.5. The Labute approximate surface area is 330 Å². The van der Waals surface area contributed by atoms with Gasteiger partial charge in [0.2, 0.25) is 0 Å². The molecule has 4 heteroatoms. The topological polar surface area (TPSA) is 34.2 Å². The van der Waals surface area contributed by atoms with Crippen molar-refractivity contribution in [2.45, 2.75) is 0 Å². The molecule has 3 heterocycles. The number of nitrogens with zero attached hydrogens (tertiary/aromatic N) is 3. The quantitative estimate of drug-likeness (QED) is 0.164. The van der Waals surface area contributed by atoms with Gasteiger partial charge < -0.3 is 13.9 Å². The van der Waals surface area contributed by atoms with Crippen LogP contribution in [0.25, 0.3) is 82.9 Å². The van der Waals surface area contributed by atoms with Crippen molar-refractivity contribution in [3.8, 4) is 39.1 Å². The predicted octanol–water partition coefficient (Wildman–Crippen LogP) is 14.5. The number of furan rings is 1. The largest absolute Gasteiger partial charge is 0.455 e. The summed E-state index contributed by atoms with van der Waals surface area (Å²) >= 11 is 0. The Morgan fingerprint density at radius 3 is 1.75 bits per heavy atom. The van der Waals surface area contributed by atoms with E-state index in [9.17, 15) is 0 Å². The second-order valence-corrected chi connectivity index (χ2v) is 14.4. The molecule has 0 atom stereocenters. The second-order valence-electron chi connectivity index (χ2n) is 14.4. The van der Waals surface area contributed by atoms with Gasteiger partial charge >= 0.3 is 0 Å². The van der Waals surface area contributed by atoms with Crippen LogP contribution in [0.3, 0.4) is 0 Å². The molecule has 4 nitrogen and oxygen atoms in total. The van der Waals surface area contributed by atoms with Gasteiger partial charge in [-0.1, -0.05) is 140 Å². The molecule has 0 saturated carbocycles. The van der Waals surface area contributed by atoms with Crippen LogP contribution in [0.15, 0.2) is 217 Å². The van der Waals surface area contributed by atoms with E-state index in [1.807, 2.05) is 24.4 Å². The first-order valence-corrected chi connectivity index (χ1v) is 19.3. The summed E-state index contributed by atoms with van der Waals surface area (Å²) in [6, 6.07) is 73.2. The Kier molecular flexibility index (Phi) is 7.78. The molecule has 0 aliphatic carbocycles. The first-order chi connectivity index (χ1) is 28.3. The maximum Gasteiger partial charge on any atom is 0.143 e. The molecule has 57 heavy (non-hydrogen) atoms. The lowest BCUT2D eigenvalue weighted by Gasteiger charge is -2.27. The van der Waals surface area contributed by atoms with E-state index >= 15 is 0 Å². The minimum absolute atomic E-state index is 0.900. The maximum absolute atomic E-state index is 6.44. The molecule has 0 amide bonds. The minimum Gasteiger partial charge on any atom is -0.455 e. The predicted molar refractivity (Wildman–Crippen MR) is 237 cm³/mol. The van der Waals surface area contributed by atoms with Gasteiger partial charge in [-0.05, 0) is 89.0 Å². The van der Waals surface area contributed by atoms with E-state index in [4.69, 9.17) is 9.40 Å². The molecule has 11 aromatic rings. The lowest BCUT2D eigenvalue weighted by Crippen LogP contribution is -2.11. The van der Waals surface area contributed by atoms with E-state index in [1.54, 1.807) is 0 Å². The number of rotatable bonds is 7. The smallest absolute Gasteiger partial charge is 0.143 e. The second kappa shape index (κ2) is 13.6. The Balaban J connectivity index is 1.09. The summed E-state index contributed by atoms with van der Waals surface area (Å²) in [7, 11) is 0. The molecule has 268 valence electrons. The van der Waals surface area contributed by atoms with E-state index in [1.165, 1.54) is 11.1 Å². The van der Waals surface area contributed by atoms with Gasteiger partial charge in [-0.25, -0.2) is 0 Å². The van der Waals surface area contributed by atoms with Crippen LogP contribution in [0.4, 0.5) is 17.1 Å². The first kappa shape index (κ1) is 32.7. The highest BCUT2D eigenvalue weighted by Crippen LogP contribution is 2.43. The SMILES string of the molecule is c1ccc(-c2ccc(N(c3ccc(-c4cccc5c4oc4ccccc45)cc3)c3ccc(-n4c5ccccc5c5ncccc54)c(-c4ccccc4)c3)cc2)cc1. The summed E-state index contributed by atoms with van der Waals surface area (Å²) in [5, 5.41) is 3.39. The van der Waals surface area contributed by atoms with E-state index in [0.29, 0.717) is 0 Å². The number of para-hydroxylation sites is 3. The van der Waals surface area contributed by atoms with Crippen LogP contribution in [-0.4, -0.2) is 9.55 Å². The van der Waals surface area contributed by atoms with Gasteiger partial charge in [0.15, 0.2) is 0 Å². The van der Waals surface area contributed by atoms with Gasteiger partial charge in [-0.2, -0.15) is 0 Å². The van der Waals surface area contributed by atoms with Crippen LogP contribution in [0.1, 0.15) is 0 Å². The Hall–Kier alpha value is -7.69. The van der Waals surface area contributed by atoms with Gasteiger partial charge in [0.1, 0.15) is 11.2 Å². The molecule has 0 bridgehead atoms. The van der Waals surface area contributed by atoms with Crippen molar-refractivity contribution in [2.75, 3.05) is 4.90 Å². The summed E-state index contributed by atoms with van der Waals surface area (Å²) in [6.07, 6.45) is 1.88. The van der Waals surface area contributed by atoms with E-state index in [-0.39, 0.29) is 0 Å². The maximum atomic E-state index is 6.44. The number of pyridine rings is 1. The van der Waals surface area contributed by atoms with E-state index < -0.39 is 0 Å². The van der Waals surface area contributed by atoms with Gasteiger partial charge in [-0.15, -0.1) is 0 Å². The standard InChI is InChI=1S/C53H35N3O/c1-3-13-36(14-4-1)37-24-28-40(29-25-37)55(41-30-26-39(27-31-41)43-19-11-20-45-44-17-8-10-23-51(44)57-53(43)45)42-32-33-49(47(35-42)38-15-5-2-6-16-38)56-48-21-9-7-18-46(48)52-50(56)22-12-34-54-52/h1-35H. The van der Waals surface area contributed by atoms with Crippen molar-refractivity contribution in [1.29, 1.82) is 0 Å². The fraction of sp³-hybridized carbons (Fsp3) is 0. The van der Waals surface area contributed by atoms with Crippen molar-refractivity contribution in [1.82, 2.24) is 9.55 Å². The third-order valence-electron chi connectivity index (χ3n) is 11.1. The molecule has 3 aromatic heterocycles. The minimum atomic E-state index is 0.900. The van der Waals surface area contributed by atoms with Crippen LogP contribution >= 0.6 is 0 Å². The van der Waals surface area contributed by atoms with Crippen molar-refractivity contribution >= 4 is 60.9 Å². The van der Waals surface area contributed by atoms with Crippen LogP contribution in [0, 0.1) is 0 Å². The third kappa shape index (κ3) is 5.58. The number of anilines is 3. The highest BCUT2D eigenvalue weighted by molar-refractivity contribution is 6.10. The highest BCUT2D eigenvalue weighted by Gasteiger charge is 2.20. The average Bonchev–Trinajstić information content (AvgIpc) is 3.84. The zero-order valence-corrected chi connectivity index (χ0v) is 31.0. The van der Waals surface area contributed by atoms with Crippen molar-refractivity contribution < 1.29 is 4.42 Å². The molecule has 0 radical (unpaired) electrons. The molecule has 0 aliphatic rings. The van der Waals surface area contributed by atoms with Crippen molar-refractivity contribution in [3.05, 3.63) is 212 Å². The van der Waals surface area contributed by atoms with Crippen LogP contribution in [0.5, 0.6) is 0 Å². The number of hydrogen-bond acceptors (Lipinski definition) is 3. The summed E-state index contributed by atoms with van der Waals surface area (Å²) in [5.74, 6) is 0. The molecular formula is C53H35N3O. The molecule has 0 saturated heterocycles. The lowest BCUT2D eigenvalue weighted by atomic mass is 10.00. The van der Waals surface area contributed by atoms with Gasteiger partial charge in [0, 0.05) is 50.5 Å². The van der Waals surface area contributed by atoms with Crippen LogP contribution in [-0.2, 0) is 0 Å². The molecule has 11 rings (SSSR count). The summed E-state index contributed by atoms with van der Waals surface area (Å²) in [6.45, 7) is 0. The third-order valence-corrected chi connectivity index (χ3v) is 11.1. The van der Waals surface area contributed by atoms with Gasteiger partial charge in [0.25, 0.3) is 0 Å². The Morgan fingerprint density at radius 2 is 0.982 bits per heavy atom. The molecule has 0 unspecified atom stereocenters. The lowest BCUT2D eigenvalue weighted by molar-refractivity contribution is 0.670. The molecule has 0 N–H and O–H groups in total. The van der Waals surface area contributed by atoms with Crippen molar-refractivity contribution in [2.24, 2.45) is 0 Å². The first-order valence-electron chi connectivity index (χ1n) is 19.3. The number of hydrogen-bond donors (Lipinski definition) is 0. The summed E-state index contributed by atoms with van der Waals surface area (Å²) in [5.41, 5.74) is 16.1. The molecule has 0 spiro atoms. The highest BCUT2D eigenvalue weighted by atomic mass is 16.3.